The number of aryl methyl sites for hydroxylation is 1. The van der Waals surface area contributed by atoms with E-state index in [9.17, 15) is 13.2 Å². The van der Waals surface area contributed by atoms with Crippen molar-refractivity contribution < 1.29 is 17.9 Å². The maximum absolute atomic E-state index is 13.1. The van der Waals surface area contributed by atoms with Gasteiger partial charge in [0.05, 0.1) is 12.8 Å². The van der Waals surface area contributed by atoms with Crippen LogP contribution in [0.3, 0.4) is 0 Å². The number of hydrogen-bond acceptors (Lipinski definition) is 8. The van der Waals surface area contributed by atoms with Crippen LogP contribution in [0.15, 0.2) is 36.8 Å². The minimum Gasteiger partial charge on any atom is -0.480 e. The van der Waals surface area contributed by atoms with E-state index in [4.69, 9.17) is 14.7 Å². The third-order valence-corrected chi connectivity index (χ3v) is 6.96. The van der Waals surface area contributed by atoms with Crippen molar-refractivity contribution in [1.82, 2.24) is 29.5 Å². The predicted octanol–water partition coefficient (Wildman–Crippen LogP) is 5.21. The highest BCUT2D eigenvalue weighted by Gasteiger charge is 2.35. The summed E-state index contributed by atoms with van der Waals surface area (Å²) < 4.78 is 46.2. The van der Waals surface area contributed by atoms with Crippen LogP contribution < -0.4 is 15.4 Å². The van der Waals surface area contributed by atoms with E-state index in [0.717, 1.165) is 72.4 Å². The largest absolute Gasteiger partial charge is 0.480 e. The molecule has 1 aliphatic heterocycles. The van der Waals surface area contributed by atoms with Crippen molar-refractivity contribution in [2.24, 2.45) is 7.05 Å². The molecule has 12 heteroatoms. The van der Waals surface area contributed by atoms with Gasteiger partial charge in [0.1, 0.15) is 29.4 Å². The molecule has 4 heterocycles. The number of nitrogens with one attached hydrogen (secondary N) is 2. The van der Waals surface area contributed by atoms with Crippen molar-refractivity contribution in [3.63, 3.8) is 0 Å². The van der Waals surface area contributed by atoms with E-state index < -0.39 is 11.9 Å². The number of imidazole rings is 1. The summed E-state index contributed by atoms with van der Waals surface area (Å²) >= 11 is 0. The van der Waals surface area contributed by atoms with Crippen molar-refractivity contribution in [3.05, 3.63) is 59.3 Å². The first kappa shape index (κ1) is 25.1. The van der Waals surface area contributed by atoms with Gasteiger partial charge in [-0.05, 0) is 31.2 Å². The van der Waals surface area contributed by atoms with Gasteiger partial charge in [0.15, 0.2) is 11.5 Å². The zero-order valence-corrected chi connectivity index (χ0v) is 21.5. The quantitative estimate of drug-likeness (QED) is 0.332. The maximum atomic E-state index is 13.1. The first-order valence-electron chi connectivity index (χ1n) is 12.8. The van der Waals surface area contributed by atoms with Crippen LogP contribution in [0.5, 0.6) is 5.88 Å². The average molecular weight is 537 g/mol. The summed E-state index contributed by atoms with van der Waals surface area (Å²) in [6.07, 6.45) is 1.96. The number of alkyl halides is 3. The molecule has 2 N–H and O–H groups in total. The molecule has 1 aromatic carbocycles. The zero-order chi connectivity index (χ0) is 27.1. The van der Waals surface area contributed by atoms with Crippen LogP contribution in [-0.2, 0) is 26.2 Å². The van der Waals surface area contributed by atoms with Gasteiger partial charge in [0, 0.05) is 43.4 Å². The zero-order valence-electron chi connectivity index (χ0n) is 21.5. The molecule has 1 fully saturated rings. The van der Waals surface area contributed by atoms with Crippen LogP contribution in [0.1, 0.15) is 47.7 Å². The third-order valence-electron chi connectivity index (χ3n) is 6.96. The van der Waals surface area contributed by atoms with Crippen LogP contribution in [0.2, 0.25) is 0 Å². The minimum absolute atomic E-state index is 0.257. The Balaban J connectivity index is 1.28. The first-order chi connectivity index (χ1) is 18.8. The van der Waals surface area contributed by atoms with Gasteiger partial charge in [0.2, 0.25) is 5.88 Å². The summed E-state index contributed by atoms with van der Waals surface area (Å²) in [7, 11) is 3.13. The summed E-state index contributed by atoms with van der Waals surface area (Å²) in [5, 5.41) is 6.85. The molecule has 202 valence electrons. The fourth-order valence-corrected chi connectivity index (χ4v) is 4.84. The number of nitrogens with zero attached hydrogens (tertiary/aromatic N) is 6. The Kier molecular flexibility index (Phi) is 6.32. The van der Waals surface area contributed by atoms with Gasteiger partial charge in [0.25, 0.3) is 0 Å². The number of benzene rings is 1. The Labute approximate surface area is 222 Å². The summed E-state index contributed by atoms with van der Waals surface area (Å²) in [4.78, 5) is 22.4. The second kappa shape index (κ2) is 9.83. The molecule has 0 unspecified atom stereocenters. The maximum Gasteiger partial charge on any atom is 0.434 e. The number of anilines is 2. The number of halogens is 3. The minimum atomic E-state index is -4.49. The molecule has 3 aromatic heterocycles. The number of aromatic nitrogens is 6. The lowest BCUT2D eigenvalue weighted by Crippen LogP contribution is -2.18. The predicted molar refractivity (Wildman–Crippen MR) is 139 cm³/mol. The number of methoxy groups -OCH3 is 1. The fourth-order valence-electron chi connectivity index (χ4n) is 4.84. The van der Waals surface area contributed by atoms with E-state index in [1.165, 1.54) is 10.9 Å². The third kappa shape index (κ3) is 4.98. The number of ether oxygens (including phenoxy) is 1. The van der Waals surface area contributed by atoms with Gasteiger partial charge in [-0.15, -0.1) is 0 Å². The standard InChI is InChI=1S/C27H27F3N8O/c1-38-13-19(27(28,29)30)35-25(38)17-7-5-15(6-8-17)12-32-23-18-4-3-11-31-22(18)36-24(37-23)20-21(16-9-10-16)33-14-34-26(20)39-2/h5-8,13-14,16H,3-4,9-12H2,1-2H3,(H2,31,32,36,37). The summed E-state index contributed by atoms with van der Waals surface area (Å²) in [5.74, 6) is 3.07. The molecular formula is C27H27F3N8O. The molecule has 0 bridgehead atoms. The van der Waals surface area contributed by atoms with Crippen LogP contribution in [0, 0.1) is 0 Å². The van der Waals surface area contributed by atoms with E-state index in [-0.39, 0.29) is 5.82 Å². The molecule has 4 aromatic rings. The monoisotopic (exact) mass is 536 g/mol. The number of hydrogen-bond donors (Lipinski definition) is 2. The van der Waals surface area contributed by atoms with Crippen molar-refractivity contribution >= 4 is 11.6 Å². The Morgan fingerprint density at radius 2 is 1.90 bits per heavy atom. The Bertz CT molecular complexity index is 1510. The second-order valence-electron chi connectivity index (χ2n) is 9.78. The van der Waals surface area contributed by atoms with E-state index in [1.54, 1.807) is 26.3 Å². The Morgan fingerprint density at radius 3 is 2.59 bits per heavy atom. The number of fused-ring (bicyclic) bond motifs is 1. The van der Waals surface area contributed by atoms with E-state index in [1.807, 2.05) is 12.1 Å². The molecule has 1 aliphatic carbocycles. The highest BCUT2D eigenvalue weighted by Crippen LogP contribution is 2.45. The van der Waals surface area contributed by atoms with Gasteiger partial charge in [-0.25, -0.2) is 24.9 Å². The van der Waals surface area contributed by atoms with Gasteiger partial charge in [-0.3, -0.25) is 0 Å². The van der Waals surface area contributed by atoms with E-state index in [0.29, 0.717) is 29.7 Å². The summed E-state index contributed by atoms with van der Waals surface area (Å²) in [5.41, 5.74) is 3.28. The molecule has 39 heavy (non-hydrogen) atoms. The van der Waals surface area contributed by atoms with Gasteiger partial charge in [-0.2, -0.15) is 13.2 Å². The molecule has 2 aliphatic rings. The van der Waals surface area contributed by atoms with Gasteiger partial charge in [-0.1, -0.05) is 24.3 Å². The molecule has 0 spiro atoms. The molecule has 0 atom stereocenters. The highest BCUT2D eigenvalue weighted by molar-refractivity contribution is 5.71. The van der Waals surface area contributed by atoms with Crippen molar-refractivity contribution in [2.75, 3.05) is 24.3 Å². The topological polar surface area (TPSA) is 103 Å². The number of rotatable bonds is 7. The van der Waals surface area contributed by atoms with Crippen molar-refractivity contribution in [3.8, 4) is 28.7 Å². The molecule has 0 amide bonds. The van der Waals surface area contributed by atoms with Gasteiger partial charge >= 0.3 is 6.18 Å². The normalized spacial score (nSPS) is 15.0. The van der Waals surface area contributed by atoms with Gasteiger partial charge < -0.3 is 19.9 Å². The SMILES string of the molecule is COc1ncnc(C2CC2)c1-c1nc2c(c(NCc3ccc(-c4nc(C(F)(F)F)cn4C)cc3)n1)CCCN2. The average Bonchev–Trinajstić information content (AvgIpc) is 3.71. The summed E-state index contributed by atoms with van der Waals surface area (Å²) in [6.45, 7) is 1.29. The highest BCUT2D eigenvalue weighted by atomic mass is 19.4. The molecule has 0 saturated heterocycles. The molecule has 0 radical (unpaired) electrons. The van der Waals surface area contributed by atoms with Crippen molar-refractivity contribution in [1.29, 1.82) is 0 Å². The lowest BCUT2D eigenvalue weighted by Gasteiger charge is -2.22. The van der Waals surface area contributed by atoms with E-state index >= 15 is 0 Å². The molecule has 9 nitrogen and oxygen atoms in total. The van der Waals surface area contributed by atoms with Crippen LogP contribution in [-0.4, -0.2) is 43.1 Å². The lowest BCUT2D eigenvalue weighted by molar-refractivity contribution is -0.140. The first-order valence-corrected chi connectivity index (χ1v) is 12.8. The molecule has 6 rings (SSSR count). The fraction of sp³-hybridized carbons (Fsp3) is 0.370. The van der Waals surface area contributed by atoms with Crippen LogP contribution in [0.4, 0.5) is 24.8 Å². The Morgan fingerprint density at radius 1 is 1.10 bits per heavy atom. The van der Waals surface area contributed by atoms with Crippen molar-refractivity contribution in [2.45, 2.75) is 44.3 Å². The summed E-state index contributed by atoms with van der Waals surface area (Å²) in [6, 6.07) is 7.29. The second-order valence-corrected chi connectivity index (χ2v) is 9.78. The van der Waals surface area contributed by atoms with Crippen LogP contribution >= 0.6 is 0 Å². The Hall–Kier alpha value is -4.22. The smallest absolute Gasteiger partial charge is 0.434 e. The van der Waals surface area contributed by atoms with E-state index in [2.05, 4.69) is 25.6 Å². The lowest BCUT2D eigenvalue weighted by atomic mass is 10.1. The van der Waals surface area contributed by atoms with Crippen LogP contribution in [0.25, 0.3) is 22.8 Å². The molecule has 1 saturated carbocycles. The molecular weight excluding hydrogens is 509 g/mol.